The zero-order valence-corrected chi connectivity index (χ0v) is 10.1. The molecule has 0 aliphatic carbocycles. The molecule has 1 saturated heterocycles. The van der Waals surface area contributed by atoms with E-state index in [0.717, 1.165) is 19.6 Å². The number of likely N-dealkylation sites (tertiary alicyclic amines) is 1. The summed E-state index contributed by atoms with van der Waals surface area (Å²) in [6.45, 7) is 3.45. The quantitative estimate of drug-likeness (QED) is 0.860. The number of hydrogen-bond acceptors (Lipinski definition) is 2. The number of rotatable bonds is 3. The summed E-state index contributed by atoms with van der Waals surface area (Å²) in [7, 11) is 0. The first-order valence-electron chi connectivity index (χ1n) is 4.85. The molecule has 1 heterocycles. The van der Waals surface area contributed by atoms with Crippen molar-refractivity contribution in [3.63, 3.8) is 0 Å². The average molecular weight is 303 g/mol. The Bertz CT molecular complexity index is 293. The zero-order valence-electron chi connectivity index (χ0n) is 7.99. The van der Waals surface area contributed by atoms with E-state index in [4.69, 9.17) is 5.11 Å². The van der Waals surface area contributed by atoms with Crippen molar-refractivity contribution >= 4 is 22.6 Å². The largest absolute Gasteiger partial charge is 0.396 e. The fraction of sp³-hybridized carbons (Fsp3) is 0.455. The van der Waals surface area contributed by atoms with Crippen molar-refractivity contribution in [2.75, 3.05) is 19.7 Å². The van der Waals surface area contributed by atoms with Gasteiger partial charge in [0, 0.05) is 35.7 Å². The van der Waals surface area contributed by atoms with Crippen LogP contribution in [-0.2, 0) is 6.54 Å². The smallest absolute Gasteiger partial charge is 0.0483 e. The second kappa shape index (κ2) is 4.59. The normalized spacial score (nSPS) is 18.1. The first-order valence-corrected chi connectivity index (χ1v) is 5.93. The van der Waals surface area contributed by atoms with Crippen LogP contribution in [0.15, 0.2) is 24.3 Å². The van der Waals surface area contributed by atoms with Gasteiger partial charge in [-0.1, -0.05) is 12.1 Å². The summed E-state index contributed by atoms with van der Waals surface area (Å²) >= 11 is 2.32. The van der Waals surface area contributed by atoms with Crippen LogP contribution in [0.1, 0.15) is 5.56 Å². The molecule has 0 spiro atoms. The lowest BCUT2D eigenvalue weighted by Crippen LogP contribution is -2.47. The maximum Gasteiger partial charge on any atom is 0.0483 e. The zero-order chi connectivity index (χ0) is 9.97. The van der Waals surface area contributed by atoms with Crippen molar-refractivity contribution in [3.8, 4) is 0 Å². The van der Waals surface area contributed by atoms with E-state index >= 15 is 0 Å². The lowest BCUT2D eigenvalue weighted by atomic mass is 10.0. The predicted molar refractivity (Wildman–Crippen MR) is 65.0 cm³/mol. The van der Waals surface area contributed by atoms with Crippen LogP contribution in [0.4, 0.5) is 0 Å². The second-order valence-corrected chi connectivity index (χ2v) is 5.11. The number of aliphatic hydroxyl groups is 1. The second-order valence-electron chi connectivity index (χ2n) is 3.87. The molecule has 0 unspecified atom stereocenters. The summed E-state index contributed by atoms with van der Waals surface area (Å²) in [5, 5.41) is 8.88. The van der Waals surface area contributed by atoms with Gasteiger partial charge in [0.05, 0.1) is 0 Å². The average Bonchev–Trinajstić information content (AvgIpc) is 2.13. The molecule has 0 atom stereocenters. The molecule has 1 aliphatic rings. The monoisotopic (exact) mass is 303 g/mol. The Labute approximate surface area is 98.1 Å². The number of aliphatic hydroxyl groups excluding tert-OH is 1. The Morgan fingerprint density at radius 2 is 1.93 bits per heavy atom. The van der Waals surface area contributed by atoms with Crippen LogP contribution < -0.4 is 0 Å². The van der Waals surface area contributed by atoms with E-state index in [1.54, 1.807) is 0 Å². The van der Waals surface area contributed by atoms with Crippen molar-refractivity contribution in [1.29, 1.82) is 0 Å². The minimum atomic E-state index is 0.336. The summed E-state index contributed by atoms with van der Waals surface area (Å²) < 4.78 is 1.28. The molecule has 0 radical (unpaired) electrons. The lowest BCUT2D eigenvalue weighted by Gasteiger charge is -2.38. The highest BCUT2D eigenvalue weighted by Gasteiger charge is 2.25. The molecule has 1 fully saturated rings. The third-order valence-corrected chi connectivity index (χ3v) is 3.33. The molecule has 2 nitrogen and oxygen atoms in total. The fourth-order valence-corrected chi connectivity index (χ4v) is 2.13. The first kappa shape index (κ1) is 10.4. The van der Waals surface area contributed by atoms with Crippen LogP contribution in [0.2, 0.25) is 0 Å². The minimum absolute atomic E-state index is 0.336. The van der Waals surface area contributed by atoms with Crippen molar-refractivity contribution in [3.05, 3.63) is 33.4 Å². The van der Waals surface area contributed by atoms with Gasteiger partial charge >= 0.3 is 0 Å². The maximum atomic E-state index is 8.88. The highest BCUT2D eigenvalue weighted by molar-refractivity contribution is 14.1. The molecule has 0 amide bonds. The summed E-state index contributed by atoms with van der Waals surface area (Å²) in [6, 6.07) is 8.63. The molecule has 1 N–H and O–H groups in total. The van der Waals surface area contributed by atoms with Crippen LogP contribution in [-0.4, -0.2) is 29.7 Å². The van der Waals surface area contributed by atoms with Crippen molar-refractivity contribution < 1.29 is 5.11 Å². The van der Waals surface area contributed by atoms with Gasteiger partial charge in [-0.15, -0.1) is 0 Å². The number of hydrogen-bond donors (Lipinski definition) is 1. The van der Waals surface area contributed by atoms with Gasteiger partial charge < -0.3 is 5.11 Å². The van der Waals surface area contributed by atoms with Gasteiger partial charge in [0.1, 0.15) is 0 Å². The van der Waals surface area contributed by atoms with E-state index in [1.807, 2.05) is 0 Å². The third kappa shape index (κ3) is 2.46. The SMILES string of the molecule is OCC1CN(Cc2ccc(I)cc2)C1. The molecule has 0 bridgehead atoms. The Balaban J connectivity index is 1.84. The fourth-order valence-electron chi connectivity index (χ4n) is 1.77. The molecule has 1 aliphatic heterocycles. The Morgan fingerprint density at radius 1 is 1.29 bits per heavy atom. The summed E-state index contributed by atoms with van der Waals surface area (Å²) in [5.74, 6) is 0.513. The summed E-state index contributed by atoms with van der Waals surface area (Å²) in [6.07, 6.45) is 0. The topological polar surface area (TPSA) is 23.5 Å². The molecular weight excluding hydrogens is 289 g/mol. The number of halogens is 1. The van der Waals surface area contributed by atoms with Crippen molar-refractivity contribution in [2.45, 2.75) is 6.54 Å². The van der Waals surface area contributed by atoms with Crippen LogP contribution in [0.3, 0.4) is 0 Å². The van der Waals surface area contributed by atoms with Crippen LogP contribution >= 0.6 is 22.6 Å². The van der Waals surface area contributed by atoms with E-state index in [2.05, 4.69) is 51.8 Å². The van der Waals surface area contributed by atoms with Gasteiger partial charge in [-0.05, 0) is 40.3 Å². The van der Waals surface area contributed by atoms with E-state index < -0.39 is 0 Å². The molecule has 1 aromatic rings. The maximum absolute atomic E-state index is 8.88. The molecule has 1 aromatic carbocycles. The summed E-state index contributed by atoms with van der Waals surface area (Å²) in [5.41, 5.74) is 1.36. The molecule has 3 heteroatoms. The van der Waals surface area contributed by atoms with E-state index in [0.29, 0.717) is 12.5 Å². The molecule has 2 rings (SSSR count). The minimum Gasteiger partial charge on any atom is -0.396 e. The van der Waals surface area contributed by atoms with E-state index in [1.165, 1.54) is 9.13 Å². The van der Waals surface area contributed by atoms with Gasteiger partial charge in [0.25, 0.3) is 0 Å². The summed E-state index contributed by atoms with van der Waals surface area (Å²) in [4.78, 5) is 2.36. The molecular formula is C11H14INO. The first-order chi connectivity index (χ1) is 6.78. The van der Waals surface area contributed by atoms with Crippen LogP contribution in [0, 0.1) is 9.49 Å². The van der Waals surface area contributed by atoms with Gasteiger partial charge in [0.15, 0.2) is 0 Å². The number of benzene rings is 1. The lowest BCUT2D eigenvalue weighted by molar-refractivity contribution is 0.0479. The van der Waals surface area contributed by atoms with Crippen molar-refractivity contribution in [1.82, 2.24) is 4.90 Å². The predicted octanol–water partition coefficient (Wildman–Crippen LogP) is 1.72. The van der Waals surface area contributed by atoms with Crippen LogP contribution in [0.25, 0.3) is 0 Å². The van der Waals surface area contributed by atoms with Gasteiger partial charge in [0.2, 0.25) is 0 Å². The van der Waals surface area contributed by atoms with Gasteiger partial charge in [-0.2, -0.15) is 0 Å². The molecule has 14 heavy (non-hydrogen) atoms. The molecule has 0 aromatic heterocycles. The molecule has 76 valence electrons. The Hall–Kier alpha value is -0.130. The van der Waals surface area contributed by atoms with E-state index in [9.17, 15) is 0 Å². The van der Waals surface area contributed by atoms with Crippen molar-refractivity contribution in [2.24, 2.45) is 5.92 Å². The molecule has 0 saturated carbocycles. The van der Waals surface area contributed by atoms with Crippen LogP contribution in [0.5, 0.6) is 0 Å². The number of nitrogens with zero attached hydrogens (tertiary/aromatic N) is 1. The van der Waals surface area contributed by atoms with E-state index in [-0.39, 0.29) is 0 Å². The Kier molecular flexibility index (Phi) is 3.41. The van der Waals surface area contributed by atoms with Gasteiger partial charge in [-0.3, -0.25) is 4.90 Å². The highest BCUT2D eigenvalue weighted by Crippen LogP contribution is 2.18. The third-order valence-electron chi connectivity index (χ3n) is 2.61. The Morgan fingerprint density at radius 3 is 2.50 bits per heavy atom. The highest BCUT2D eigenvalue weighted by atomic mass is 127. The van der Waals surface area contributed by atoms with Gasteiger partial charge in [-0.25, -0.2) is 0 Å². The standard InChI is InChI=1S/C11H14INO/c12-11-3-1-9(2-4-11)5-13-6-10(7-13)8-14/h1-4,10,14H,5-8H2.